The summed E-state index contributed by atoms with van der Waals surface area (Å²) in [5.74, 6) is 3.01. The highest BCUT2D eigenvalue weighted by molar-refractivity contribution is 7.99. The van der Waals surface area contributed by atoms with Gasteiger partial charge in [-0.2, -0.15) is 11.8 Å². The van der Waals surface area contributed by atoms with Crippen LogP contribution in [0.1, 0.15) is 43.6 Å². The number of para-hydroxylation sites is 1. The van der Waals surface area contributed by atoms with Crippen molar-refractivity contribution in [2.75, 3.05) is 18.1 Å². The van der Waals surface area contributed by atoms with E-state index in [2.05, 4.69) is 10.6 Å². The first-order valence-corrected chi connectivity index (χ1v) is 10.5. The highest BCUT2D eigenvalue weighted by Gasteiger charge is 2.40. The van der Waals surface area contributed by atoms with Crippen LogP contribution in [0.5, 0.6) is 0 Å². The van der Waals surface area contributed by atoms with Gasteiger partial charge in [0.1, 0.15) is 11.3 Å². The summed E-state index contributed by atoms with van der Waals surface area (Å²) < 4.78 is 12.0. The molecule has 5 nitrogen and oxygen atoms in total. The SMILES string of the molecule is Cc1c([C@H](C)NC(=O)NC2CCOC3(CCSC3)C2)oc2ccccc12. The first kappa shape index (κ1) is 17.7. The molecule has 2 aliphatic rings. The Morgan fingerprint density at radius 2 is 2.23 bits per heavy atom. The van der Waals surface area contributed by atoms with E-state index < -0.39 is 0 Å². The fraction of sp³-hybridized carbons (Fsp3) is 0.550. The van der Waals surface area contributed by atoms with Gasteiger partial charge >= 0.3 is 6.03 Å². The Kier molecular flexibility index (Phi) is 4.88. The van der Waals surface area contributed by atoms with Crippen LogP contribution in [0.3, 0.4) is 0 Å². The Hall–Kier alpha value is -1.66. The van der Waals surface area contributed by atoms with E-state index in [0.717, 1.165) is 59.7 Å². The number of thioether (sulfide) groups is 1. The van der Waals surface area contributed by atoms with Crippen molar-refractivity contribution in [3.8, 4) is 0 Å². The summed E-state index contributed by atoms with van der Waals surface area (Å²) in [6.45, 7) is 4.73. The maximum atomic E-state index is 12.5. The van der Waals surface area contributed by atoms with E-state index in [4.69, 9.17) is 9.15 Å². The second-order valence-corrected chi connectivity index (χ2v) is 8.56. The van der Waals surface area contributed by atoms with E-state index in [-0.39, 0.29) is 23.7 Å². The number of furan rings is 1. The van der Waals surface area contributed by atoms with Crippen molar-refractivity contribution in [3.05, 3.63) is 35.6 Å². The van der Waals surface area contributed by atoms with Gasteiger partial charge in [0, 0.05) is 29.4 Å². The van der Waals surface area contributed by atoms with Gasteiger partial charge in [0.15, 0.2) is 0 Å². The van der Waals surface area contributed by atoms with Crippen molar-refractivity contribution in [3.63, 3.8) is 0 Å². The van der Waals surface area contributed by atoms with Crippen LogP contribution in [0.4, 0.5) is 4.79 Å². The number of amides is 2. The molecule has 0 saturated carbocycles. The molecule has 0 bridgehead atoms. The lowest BCUT2D eigenvalue weighted by molar-refractivity contribution is -0.0684. The molecule has 0 radical (unpaired) electrons. The van der Waals surface area contributed by atoms with Crippen molar-refractivity contribution >= 4 is 28.8 Å². The van der Waals surface area contributed by atoms with Crippen LogP contribution in [0, 0.1) is 6.92 Å². The second kappa shape index (κ2) is 7.16. The molecule has 2 unspecified atom stereocenters. The Labute approximate surface area is 158 Å². The third kappa shape index (κ3) is 3.45. The fourth-order valence-corrected chi connectivity index (χ4v) is 5.49. The summed E-state index contributed by atoms with van der Waals surface area (Å²) in [6.07, 6.45) is 2.87. The van der Waals surface area contributed by atoms with Gasteiger partial charge in [0.25, 0.3) is 0 Å². The lowest BCUT2D eigenvalue weighted by atomic mass is 9.90. The summed E-state index contributed by atoms with van der Waals surface area (Å²) in [5, 5.41) is 7.28. The molecule has 4 rings (SSSR count). The van der Waals surface area contributed by atoms with E-state index in [0.29, 0.717) is 0 Å². The zero-order valence-corrected chi connectivity index (χ0v) is 16.2. The Balaban J connectivity index is 1.38. The van der Waals surface area contributed by atoms with Crippen LogP contribution in [0.2, 0.25) is 0 Å². The molecule has 2 saturated heterocycles. The Bertz CT molecular complexity index is 797. The van der Waals surface area contributed by atoms with Crippen molar-refractivity contribution in [1.29, 1.82) is 0 Å². The topological polar surface area (TPSA) is 63.5 Å². The highest BCUT2D eigenvalue weighted by atomic mass is 32.2. The van der Waals surface area contributed by atoms with Gasteiger partial charge in [-0.05, 0) is 44.9 Å². The van der Waals surface area contributed by atoms with Crippen molar-refractivity contribution in [2.45, 2.75) is 50.8 Å². The quantitative estimate of drug-likeness (QED) is 0.847. The molecule has 1 spiro atoms. The van der Waals surface area contributed by atoms with Gasteiger partial charge in [0.05, 0.1) is 11.6 Å². The van der Waals surface area contributed by atoms with Crippen LogP contribution >= 0.6 is 11.8 Å². The maximum Gasteiger partial charge on any atom is 0.315 e. The molecule has 140 valence electrons. The van der Waals surface area contributed by atoms with Crippen LogP contribution in [-0.4, -0.2) is 35.8 Å². The van der Waals surface area contributed by atoms with Gasteiger partial charge < -0.3 is 19.8 Å². The van der Waals surface area contributed by atoms with Crippen molar-refractivity contribution < 1.29 is 13.9 Å². The summed E-state index contributed by atoms with van der Waals surface area (Å²) in [5.41, 5.74) is 1.92. The average Bonchev–Trinajstić information content (AvgIpc) is 3.20. The normalized spacial score (nSPS) is 26.9. The molecule has 1 aromatic carbocycles. The first-order chi connectivity index (χ1) is 12.6. The standard InChI is InChI=1S/C20H26N2O3S/c1-13-16-5-3-4-6-17(16)25-18(13)14(2)21-19(23)22-15-7-9-24-20(11-15)8-10-26-12-20/h3-6,14-15H,7-12H2,1-2H3,(H2,21,22,23)/t14-,15?,20?/m0/s1. The van der Waals surface area contributed by atoms with E-state index in [1.807, 2.05) is 49.9 Å². The third-order valence-electron chi connectivity index (χ3n) is 5.52. The highest BCUT2D eigenvalue weighted by Crippen LogP contribution is 2.38. The number of rotatable bonds is 3. The van der Waals surface area contributed by atoms with Crippen molar-refractivity contribution in [2.24, 2.45) is 0 Å². The summed E-state index contributed by atoms with van der Waals surface area (Å²) >= 11 is 1.95. The molecule has 26 heavy (non-hydrogen) atoms. The molecule has 2 N–H and O–H groups in total. The first-order valence-electron chi connectivity index (χ1n) is 9.33. The van der Waals surface area contributed by atoms with Crippen LogP contribution < -0.4 is 10.6 Å². The largest absolute Gasteiger partial charge is 0.459 e. The molecule has 3 atom stereocenters. The van der Waals surface area contributed by atoms with E-state index in [1.54, 1.807) is 0 Å². The number of carbonyl (C=O) groups excluding carboxylic acids is 1. The van der Waals surface area contributed by atoms with E-state index in [1.165, 1.54) is 0 Å². The lowest BCUT2D eigenvalue weighted by Gasteiger charge is -2.38. The Morgan fingerprint density at radius 1 is 1.38 bits per heavy atom. The number of aryl methyl sites for hydroxylation is 1. The number of hydrogen-bond donors (Lipinski definition) is 2. The minimum absolute atomic E-state index is 0.0260. The third-order valence-corrected chi connectivity index (χ3v) is 6.74. The minimum Gasteiger partial charge on any atom is -0.459 e. The van der Waals surface area contributed by atoms with Crippen LogP contribution in [0.15, 0.2) is 28.7 Å². The smallest absolute Gasteiger partial charge is 0.315 e. The Morgan fingerprint density at radius 3 is 3.00 bits per heavy atom. The van der Waals surface area contributed by atoms with Gasteiger partial charge in [-0.25, -0.2) is 4.79 Å². The lowest BCUT2D eigenvalue weighted by Crippen LogP contribution is -2.51. The fourth-order valence-electron chi connectivity index (χ4n) is 4.11. The summed E-state index contributed by atoms with van der Waals surface area (Å²) in [7, 11) is 0. The van der Waals surface area contributed by atoms with E-state index >= 15 is 0 Å². The van der Waals surface area contributed by atoms with E-state index in [9.17, 15) is 4.79 Å². The number of fused-ring (bicyclic) bond motifs is 1. The molecule has 2 fully saturated rings. The predicted molar refractivity (Wildman–Crippen MR) is 105 cm³/mol. The molecule has 3 heterocycles. The van der Waals surface area contributed by atoms with Crippen LogP contribution in [0.25, 0.3) is 11.0 Å². The zero-order valence-electron chi connectivity index (χ0n) is 15.3. The number of nitrogens with one attached hydrogen (secondary N) is 2. The predicted octanol–water partition coefficient (Wildman–Crippen LogP) is 4.16. The van der Waals surface area contributed by atoms with Gasteiger partial charge in [-0.15, -0.1) is 0 Å². The number of benzene rings is 1. The molecular formula is C20H26N2O3S. The van der Waals surface area contributed by atoms with Crippen LogP contribution in [-0.2, 0) is 4.74 Å². The summed E-state index contributed by atoms with van der Waals surface area (Å²) in [4.78, 5) is 12.5. The molecule has 6 heteroatoms. The number of hydrogen-bond acceptors (Lipinski definition) is 4. The molecular weight excluding hydrogens is 348 g/mol. The van der Waals surface area contributed by atoms with Gasteiger partial charge in [-0.1, -0.05) is 18.2 Å². The molecule has 2 aliphatic heterocycles. The maximum absolute atomic E-state index is 12.5. The molecule has 2 aromatic rings. The number of carbonyl (C=O) groups is 1. The second-order valence-electron chi connectivity index (χ2n) is 7.45. The summed E-state index contributed by atoms with van der Waals surface area (Å²) in [6, 6.07) is 7.82. The molecule has 1 aromatic heterocycles. The number of ether oxygens (including phenoxy) is 1. The molecule has 0 aliphatic carbocycles. The number of urea groups is 1. The zero-order chi connectivity index (χ0) is 18.1. The molecule has 2 amide bonds. The average molecular weight is 375 g/mol. The van der Waals surface area contributed by atoms with Crippen molar-refractivity contribution in [1.82, 2.24) is 10.6 Å². The monoisotopic (exact) mass is 374 g/mol. The van der Waals surface area contributed by atoms with Gasteiger partial charge in [-0.3, -0.25) is 0 Å². The minimum atomic E-state index is -0.182. The van der Waals surface area contributed by atoms with Gasteiger partial charge in [0.2, 0.25) is 0 Å².